The van der Waals surface area contributed by atoms with Gasteiger partial charge in [-0.05, 0) is 23.8 Å². The Morgan fingerprint density at radius 3 is 2.52 bits per heavy atom. The predicted octanol–water partition coefficient (Wildman–Crippen LogP) is 5.30. The Labute approximate surface area is 148 Å². The summed E-state index contributed by atoms with van der Waals surface area (Å²) >= 11 is 17.1. The molecule has 2 aromatic carbocycles. The van der Waals surface area contributed by atoms with Crippen molar-refractivity contribution in [3.8, 4) is 5.75 Å². The van der Waals surface area contributed by atoms with Gasteiger partial charge in [0.2, 0.25) is 5.78 Å². The van der Waals surface area contributed by atoms with Crippen LogP contribution in [0.5, 0.6) is 5.75 Å². The number of hydrogen-bond acceptors (Lipinski definition) is 2. The minimum atomic E-state index is -1.99. The number of Topliss-reactive ketones (excluding diaryl/α,β-unsaturated/α-hetero) is 1. The highest BCUT2D eigenvalue weighted by atomic mass is 35.6. The molecule has 0 bridgehead atoms. The number of fused-ring (bicyclic) bond motifs is 1. The smallest absolute Gasteiger partial charge is 0.253 e. The average molecular weight is 369 g/mol. The van der Waals surface area contributed by atoms with E-state index in [0.717, 1.165) is 11.1 Å². The maximum absolute atomic E-state index is 12.2. The number of aromatic amines is 1. The molecule has 0 fully saturated rings. The van der Waals surface area contributed by atoms with Crippen molar-refractivity contribution in [3.63, 3.8) is 0 Å². The molecule has 0 aliphatic carbocycles. The van der Waals surface area contributed by atoms with Gasteiger partial charge in [-0.3, -0.25) is 4.79 Å². The lowest BCUT2D eigenvalue weighted by molar-refractivity contribution is 0.0998. The molecular formula is C17H12Cl3NO2. The Morgan fingerprint density at radius 2 is 1.83 bits per heavy atom. The number of alkyl halides is 3. The van der Waals surface area contributed by atoms with E-state index in [1.54, 1.807) is 6.07 Å². The number of nitrogens with one attached hydrogen (secondary N) is 1. The van der Waals surface area contributed by atoms with Crippen LogP contribution in [0.4, 0.5) is 0 Å². The summed E-state index contributed by atoms with van der Waals surface area (Å²) in [6.45, 7) is 0.435. The Bertz CT molecular complexity index is 838. The first-order valence-electron chi connectivity index (χ1n) is 6.84. The van der Waals surface area contributed by atoms with Crippen molar-refractivity contribution < 1.29 is 9.53 Å². The molecule has 0 radical (unpaired) electrons. The van der Waals surface area contributed by atoms with Crippen LogP contribution in [0.25, 0.3) is 10.9 Å². The van der Waals surface area contributed by atoms with Crippen molar-refractivity contribution in [3.05, 3.63) is 65.9 Å². The number of H-pyrrole nitrogens is 1. The standard InChI is InChI=1S/C17H12Cl3NO2/c18-17(19,20)16(22)14-9-21-15-7-6-12(8-13(14)15)23-10-11-4-2-1-3-5-11/h1-9,21H,10H2. The van der Waals surface area contributed by atoms with Gasteiger partial charge in [0.15, 0.2) is 0 Å². The van der Waals surface area contributed by atoms with Crippen molar-refractivity contribution in [2.75, 3.05) is 0 Å². The fourth-order valence-corrected chi connectivity index (χ4v) is 2.58. The van der Waals surface area contributed by atoms with Crippen LogP contribution >= 0.6 is 34.8 Å². The van der Waals surface area contributed by atoms with Crippen LogP contribution in [0, 0.1) is 0 Å². The Hall–Kier alpha value is -1.68. The number of ether oxygens (including phenoxy) is 1. The number of carbonyl (C=O) groups is 1. The zero-order valence-corrected chi connectivity index (χ0v) is 14.1. The molecule has 0 amide bonds. The summed E-state index contributed by atoms with van der Waals surface area (Å²) in [7, 11) is 0. The highest BCUT2D eigenvalue weighted by molar-refractivity contribution is 6.77. The average Bonchev–Trinajstić information content (AvgIpc) is 2.95. The summed E-state index contributed by atoms with van der Waals surface area (Å²) in [6, 6.07) is 15.2. The van der Waals surface area contributed by atoms with Gasteiger partial charge in [0.25, 0.3) is 3.79 Å². The van der Waals surface area contributed by atoms with E-state index in [0.29, 0.717) is 23.3 Å². The summed E-state index contributed by atoms with van der Waals surface area (Å²) in [5.74, 6) is 0.0632. The number of halogens is 3. The van der Waals surface area contributed by atoms with Crippen LogP contribution in [0.3, 0.4) is 0 Å². The van der Waals surface area contributed by atoms with Gasteiger partial charge >= 0.3 is 0 Å². The lowest BCUT2D eigenvalue weighted by Crippen LogP contribution is -2.18. The van der Waals surface area contributed by atoms with E-state index in [1.165, 1.54) is 6.20 Å². The SMILES string of the molecule is O=C(c1c[nH]c2ccc(OCc3ccccc3)cc12)C(Cl)(Cl)Cl. The van der Waals surface area contributed by atoms with Gasteiger partial charge in [-0.15, -0.1) is 0 Å². The molecule has 1 N–H and O–H groups in total. The first kappa shape index (κ1) is 16.2. The summed E-state index contributed by atoms with van der Waals surface area (Å²) in [4.78, 5) is 15.2. The van der Waals surface area contributed by atoms with Crippen LogP contribution in [0.1, 0.15) is 15.9 Å². The second-order valence-electron chi connectivity index (χ2n) is 5.01. The molecule has 1 aromatic heterocycles. The largest absolute Gasteiger partial charge is 0.489 e. The molecule has 118 valence electrons. The monoisotopic (exact) mass is 367 g/mol. The third-order valence-corrected chi connectivity index (χ3v) is 3.92. The second-order valence-corrected chi connectivity index (χ2v) is 7.29. The Balaban J connectivity index is 1.87. The van der Waals surface area contributed by atoms with E-state index in [2.05, 4.69) is 4.98 Å². The zero-order valence-electron chi connectivity index (χ0n) is 11.9. The fraction of sp³-hybridized carbons (Fsp3) is 0.118. The minimum absolute atomic E-state index is 0.324. The zero-order chi connectivity index (χ0) is 16.4. The van der Waals surface area contributed by atoms with E-state index in [9.17, 15) is 4.79 Å². The third kappa shape index (κ3) is 3.63. The molecule has 0 saturated carbocycles. The second kappa shape index (κ2) is 6.44. The molecule has 3 nitrogen and oxygen atoms in total. The molecular weight excluding hydrogens is 357 g/mol. The Kier molecular flexibility index (Phi) is 4.53. The highest BCUT2D eigenvalue weighted by Crippen LogP contribution is 2.34. The van der Waals surface area contributed by atoms with Crippen molar-refractivity contribution in [2.24, 2.45) is 0 Å². The van der Waals surface area contributed by atoms with E-state index in [1.807, 2.05) is 42.5 Å². The summed E-state index contributed by atoms with van der Waals surface area (Å²) in [5, 5.41) is 0.659. The number of carbonyl (C=O) groups excluding carboxylic acids is 1. The quantitative estimate of drug-likeness (QED) is 0.501. The van der Waals surface area contributed by atoms with Crippen molar-refractivity contribution >= 4 is 51.5 Å². The third-order valence-electron chi connectivity index (χ3n) is 3.40. The molecule has 0 spiro atoms. The molecule has 0 unspecified atom stereocenters. The molecule has 23 heavy (non-hydrogen) atoms. The number of rotatable bonds is 4. The van der Waals surface area contributed by atoms with E-state index in [4.69, 9.17) is 39.5 Å². The maximum atomic E-state index is 12.2. The predicted molar refractivity (Wildman–Crippen MR) is 93.7 cm³/mol. The summed E-state index contributed by atoms with van der Waals surface area (Å²) in [5.41, 5.74) is 2.15. The molecule has 3 rings (SSSR count). The number of benzene rings is 2. The minimum Gasteiger partial charge on any atom is -0.489 e. The van der Waals surface area contributed by atoms with Gasteiger partial charge in [-0.25, -0.2) is 0 Å². The highest BCUT2D eigenvalue weighted by Gasteiger charge is 2.33. The van der Waals surface area contributed by atoms with Crippen molar-refractivity contribution in [2.45, 2.75) is 10.4 Å². The molecule has 6 heteroatoms. The molecule has 3 aromatic rings. The van der Waals surface area contributed by atoms with Gasteiger partial charge in [0.1, 0.15) is 12.4 Å². The molecule has 0 saturated heterocycles. The van der Waals surface area contributed by atoms with Gasteiger partial charge in [0.05, 0.1) is 0 Å². The Morgan fingerprint density at radius 1 is 1.09 bits per heavy atom. The van der Waals surface area contributed by atoms with Gasteiger partial charge in [0, 0.05) is 22.7 Å². The first-order chi connectivity index (χ1) is 10.9. The fourth-order valence-electron chi connectivity index (χ4n) is 2.27. The van der Waals surface area contributed by atoms with Crippen LogP contribution in [-0.2, 0) is 6.61 Å². The van der Waals surface area contributed by atoms with Crippen LogP contribution < -0.4 is 4.74 Å². The molecule has 0 aliphatic rings. The normalized spacial score (nSPS) is 11.6. The molecule has 0 atom stereocenters. The van der Waals surface area contributed by atoms with Crippen LogP contribution in [0.2, 0.25) is 0 Å². The van der Waals surface area contributed by atoms with Crippen molar-refractivity contribution in [1.29, 1.82) is 0 Å². The lowest BCUT2D eigenvalue weighted by Gasteiger charge is -2.09. The van der Waals surface area contributed by atoms with Crippen LogP contribution in [-0.4, -0.2) is 14.6 Å². The van der Waals surface area contributed by atoms with E-state index in [-0.39, 0.29) is 0 Å². The number of aromatic nitrogens is 1. The van der Waals surface area contributed by atoms with Gasteiger partial charge in [-0.2, -0.15) is 0 Å². The van der Waals surface area contributed by atoms with E-state index < -0.39 is 9.58 Å². The summed E-state index contributed by atoms with van der Waals surface area (Å²) < 4.78 is 3.78. The van der Waals surface area contributed by atoms with Crippen molar-refractivity contribution in [1.82, 2.24) is 4.98 Å². The topological polar surface area (TPSA) is 42.1 Å². The number of hydrogen-bond donors (Lipinski definition) is 1. The van der Waals surface area contributed by atoms with Gasteiger partial charge in [-0.1, -0.05) is 65.1 Å². The number of ketones is 1. The maximum Gasteiger partial charge on any atom is 0.253 e. The summed E-state index contributed by atoms with van der Waals surface area (Å²) in [6.07, 6.45) is 1.54. The van der Waals surface area contributed by atoms with Gasteiger partial charge < -0.3 is 9.72 Å². The lowest BCUT2D eigenvalue weighted by atomic mass is 10.1. The van der Waals surface area contributed by atoms with E-state index >= 15 is 0 Å². The van der Waals surface area contributed by atoms with Crippen LogP contribution in [0.15, 0.2) is 54.7 Å². The molecule has 1 heterocycles. The first-order valence-corrected chi connectivity index (χ1v) is 7.98. The molecule has 0 aliphatic heterocycles.